The molecule has 2 saturated heterocycles. The van der Waals surface area contributed by atoms with Gasteiger partial charge in [0.1, 0.15) is 5.82 Å². The quantitative estimate of drug-likeness (QED) is 0.371. The van der Waals surface area contributed by atoms with Crippen LogP contribution in [0.2, 0.25) is 0 Å². The molecule has 0 atom stereocenters. The van der Waals surface area contributed by atoms with Crippen molar-refractivity contribution in [3.63, 3.8) is 0 Å². The molecule has 0 bridgehead atoms. The van der Waals surface area contributed by atoms with Gasteiger partial charge in [-0.25, -0.2) is 12.8 Å². The minimum atomic E-state index is -4.04. The van der Waals surface area contributed by atoms with Crippen molar-refractivity contribution < 1.29 is 22.3 Å². The number of likely N-dealkylation sites (N-methyl/N-ethyl adjacent to an activating group) is 1. The summed E-state index contributed by atoms with van der Waals surface area (Å²) in [7, 11) is -1.92. The molecule has 3 aliphatic rings. The van der Waals surface area contributed by atoms with Gasteiger partial charge in [-0.1, -0.05) is 6.07 Å². The number of nitrogens with zero attached hydrogens (tertiary/aromatic N) is 4. The Morgan fingerprint density at radius 2 is 1.84 bits per heavy atom. The molecule has 1 aromatic heterocycles. The Morgan fingerprint density at radius 1 is 1.09 bits per heavy atom. The molecule has 43 heavy (non-hydrogen) atoms. The van der Waals surface area contributed by atoms with Gasteiger partial charge in [-0.05, 0) is 70.1 Å². The first kappa shape index (κ1) is 29.5. The van der Waals surface area contributed by atoms with E-state index in [0.717, 1.165) is 56.5 Å². The fourth-order valence-electron chi connectivity index (χ4n) is 6.08. The molecular weight excluding hydrogens is 573 g/mol. The van der Waals surface area contributed by atoms with Gasteiger partial charge in [-0.2, -0.15) is 9.40 Å². The molecule has 3 aromatic rings. The first-order valence-corrected chi connectivity index (χ1v) is 16.1. The van der Waals surface area contributed by atoms with Crippen LogP contribution in [-0.4, -0.2) is 86.2 Å². The Kier molecular flexibility index (Phi) is 7.92. The van der Waals surface area contributed by atoms with Crippen molar-refractivity contribution >= 4 is 33.1 Å². The number of anilines is 3. The molecule has 2 fully saturated rings. The van der Waals surface area contributed by atoms with Crippen molar-refractivity contribution in [2.24, 2.45) is 0 Å². The second-order valence-electron chi connectivity index (χ2n) is 12.0. The predicted molar refractivity (Wildman–Crippen MR) is 162 cm³/mol. The van der Waals surface area contributed by atoms with Crippen molar-refractivity contribution in [3.05, 3.63) is 65.1 Å². The zero-order valence-corrected chi connectivity index (χ0v) is 25.5. The number of benzene rings is 2. The number of carbonyl (C=O) groups excluding carboxylic acids is 1. The topological polar surface area (TPSA) is 123 Å². The predicted octanol–water partition coefficient (Wildman–Crippen LogP) is 3.58. The van der Waals surface area contributed by atoms with E-state index in [9.17, 15) is 17.6 Å². The second kappa shape index (κ2) is 11.5. The van der Waals surface area contributed by atoms with Crippen LogP contribution in [0.4, 0.5) is 21.6 Å². The standard InChI is InChI=1S/C30H38FN7O4S/c1-30(2)27-25(19-38(30)43(40,41)23-6-4-5-20(31)17-23)28(35-34-27)33-29(39)24-8-7-22(37-13-11-36(3)12-14-37)18-26(24)32-21-9-15-42-16-10-21/h4-8,17-18,21,32H,9-16,19H2,1-3H3,(H2,33,34,35,39). The zero-order chi connectivity index (χ0) is 30.4. The second-order valence-corrected chi connectivity index (χ2v) is 13.8. The summed E-state index contributed by atoms with van der Waals surface area (Å²) in [4.78, 5) is 18.3. The molecule has 6 rings (SSSR count). The van der Waals surface area contributed by atoms with Gasteiger partial charge in [0.2, 0.25) is 10.0 Å². The van der Waals surface area contributed by atoms with Gasteiger partial charge in [0.25, 0.3) is 5.91 Å². The van der Waals surface area contributed by atoms with Gasteiger partial charge in [-0.3, -0.25) is 9.89 Å². The van der Waals surface area contributed by atoms with E-state index in [4.69, 9.17) is 4.74 Å². The minimum absolute atomic E-state index is 0.0250. The lowest BCUT2D eigenvalue weighted by molar-refractivity contribution is 0.0904. The molecule has 0 radical (unpaired) electrons. The van der Waals surface area contributed by atoms with Gasteiger partial charge < -0.3 is 25.2 Å². The summed E-state index contributed by atoms with van der Waals surface area (Å²) >= 11 is 0. The molecule has 3 aliphatic heterocycles. The molecule has 2 aromatic carbocycles. The number of sulfonamides is 1. The number of carbonyl (C=O) groups is 1. The Morgan fingerprint density at radius 3 is 2.56 bits per heavy atom. The van der Waals surface area contributed by atoms with E-state index >= 15 is 0 Å². The maximum atomic E-state index is 13.9. The van der Waals surface area contributed by atoms with Gasteiger partial charge in [0.05, 0.1) is 21.7 Å². The lowest BCUT2D eigenvalue weighted by Gasteiger charge is -2.34. The molecule has 3 N–H and O–H groups in total. The molecule has 0 spiro atoms. The van der Waals surface area contributed by atoms with Crippen LogP contribution in [0, 0.1) is 5.82 Å². The van der Waals surface area contributed by atoms with E-state index in [1.807, 2.05) is 18.2 Å². The highest BCUT2D eigenvalue weighted by molar-refractivity contribution is 7.89. The summed E-state index contributed by atoms with van der Waals surface area (Å²) in [5.41, 5.74) is 2.42. The van der Waals surface area contributed by atoms with Crippen LogP contribution in [0.3, 0.4) is 0 Å². The third kappa shape index (κ3) is 5.74. The molecule has 13 heteroatoms. The number of halogens is 1. The number of hydrogen-bond donors (Lipinski definition) is 3. The number of aromatic nitrogens is 2. The normalized spacial score (nSPS) is 19.8. The third-order valence-electron chi connectivity index (χ3n) is 8.72. The SMILES string of the molecule is CN1CCN(c2ccc(C(=O)Nc3n[nH]c4c3CN(S(=O)(=O)c3cccc(F)c3)C4(C)C)c(NC3CCOCC3)c2)CC1. The number of nitrogens with one attached hydrogen (secondary N) is 3. The van der Waals surface area contributed by atoms with E-state index in [0.29, 0.717) is 30.0 Å². The smallest absolute Gasteiger partial charge is 0.258 e. The lowest BCUT2D eigenvalue weighted by Crippen LogP contribution is -2.44. The maximum Gasteiger partial charge on any atom is 0.258 e. The van der Waals surface area contributed by atoms with Crippen LogP contribution in [0.1, 0.15) is 48.3 Å². The first-order chi connectivity index (χ1) is 20.5. The number of piperazine rings is 1. The summed E-state index contributed by atoms with van der Waals surface area (Å²) in [5, 5.41) is 13.8. The van der Waals surface area contributed by atoms with E-state index < -0.39 is 21.4 Å². The Labute approximate surface area is 251 Å². The molecule has 0 unspecified atom stereocenters. The van der Waals surface area contributed by atoms with Crippen LogP contribution < -0.4 is 15.5 Å². The number of rotatable bonds is 7. The van der Waals surface area contributed by atoms with Gasteiger partial charge in [0.15, 0.2) is 5.82 Å². The largest absolute Gasteiger partial charge is 0.381 e. The van der Waals surface area contributed by atoms with E-state index in [-0.39, 0.29) is 29.2 Å². The van der Waals surface area contributed by atoms with Crippen molar-refractivity contribution in [1.82, 2.24) is 19.4 Å². The maximum absolute atomic E-state index is 13.9. The Bertz CT molecular complexity index is 1610. The molecule has 0 aliphatic carbocycles. The monoisotopic (exact) mass is 611 g/mol. The van der Waals surface area contributed by atoms with E-state index in [1.165, 1.54) is 22.5 Å². The van der Waals surface area contributed by atoms with Crippen molar-refractivity contribution in [2.45, 2.75) is 49.7 Å². The number of ether oxygens (including phenoxy) is 1. The van der Waals surface area contributed by atoms with Gasteiger partial charge >= 0.3 is 0 Å². The Hall–Kier alpha value is -3.52. The van der Waals surface area contributed by atoms with Crippen molar-refractivity contribution in [1.29, 1.82) is 0 Å². The van der Waals surface area contributed by atoms with Crippen molar-refractivity contribution in [2.75, 3.05) is 62.0 Å². The first-order valence-electron chi connectivity index (χ1n) is 14.6. The Balaban J connectivity index is 1.27. The number of fused-ring (bicyclic) bond motifs is 1. The molecule has 1 amide bonds. The van der Waals surface area contributed by atoms with Crippen LogP contribution in [0.15, 0.2) is 47.4 Å². The van der Waals surface area contributed by atoms with Crippen molar-refractivity contribution in [3.8, 4) is 0 Å². The van der Waals surface area contributed by atoms with Crippen LogP contribution in [0.5, 0.6) is 0 Å². The minimum Gasteiger partial charge on any atom is -0.381 e. The molecular formula is C30H38FN7O4S. The summed E-state index contributed by atoms with van der Waals surface area (Å²) in [5.74, 6) is -0.710. The molecule has 4 heterocycles. The average molecular weight is 612 g/mol. The summed E-state index contributed by atoms with van der Waals surface area (Å²) in [6, 6.07) is 11.0. The summed E-state index contributed by atoms with van der Waals surface area (Å²) in [6.45, 7) is 8.58. The third-order valence-corrected chi connectivity index (χ3v) is 10.7. The lowest BCUT2D eigenvalue weighted by atomic mass is 10.0. The summed E-state index contributed by atoms with van der Waals surface area (Å²) in [6.07, 6.45) is 1.69. The number of amides is 1. The van der Waals surface area contributed by atoms with Crippen LogP contribution in [-0.2, 0) is 26.8 Å². The van der Waals surface area contributed by atoms with Gasteiger partial charge in [0, 0.05) is 68.9 Å². The zero-order valence-electron chi connectivity index (χ0n) is 24.7. The fourth-order valence-corrected chi connectivity index (χ4v) is 7.84. The van der Waals surface area contributed by atoms with E-state index in [1.54, 1.807) is 13.8 Å². The van der Waals surface area contributed by atoms with E-state index in [2.05, 4.69) is 37.7 Å². The number of H-pyrrole nitrogens is 1. The number of hydrogen-bond acceptors (Lipinski definition) is 8. The molecule has 0 saturated carbocycles. The molecule has 11 nitrogen and oxygen atoms in total. The number of aromatic amines is 1. The molecule has 230 valence electrons. The summed E-state index contributed by atoms with van der Waals surface area (Å²) < 4.78 is 47.8. The highest BCUT2D eigenvalue weighted by Crippen LogP contribution is 2.44. The van der Waals surface area contributed by atoms with Gasteiger partial charge in [-0.15, -0.1) is 0 Å². The average Bonchev–Trinajstić information content (AvgIpc) is 3.51. The fraction of sp³-hybridized carbons (Fsp3) is 0.467. The highest BCUT2D eigenvalue weighted by Gasteiger charge is 2.48. The van der Waals surface area contributed by atoms with Crippen LogP contribution in [0.25, 0.3) is 0 Å². The van der Waals surface area contributed by atoms with Crippen LogP contribution >= 0.6 is 0 Å². The highest BCUT2D eigenvalue weighted by atomic mass is 32.2.